The second kappa shape index (κ2) is 5.23. The molecular weight excluding hydrogens is 221 g/mol. The predicted octanol–water partition coefficient (Wildman–Crippen LogP) is 1.98. The molecule has 0 bridgehead atoms. The first-order valence-corrected chi connectivity index (χ1v) is 5.08. The van der Waals surface area contributed by atoms with Crippen LogP contribution < -0.4 is 5.32 Å². The van der Waals surface area contributed by atoms with Crippen LogP contribution in [0.15, 0.2) is 35.1 Å². The number of benzene rings is 1. The summed E-state index contributed by atoms with van der Waals surface area (Å²) < 4.78 is 17.7. The van der Waals surface area contributed by atoms with E-state index in [1.807, 2.05) is 6.07 Å². The summed E-state index contributed by atoms with van der Waals surface area (Å²) in [7, 11) is 0. The SMILES string of the molecule is N#Cc1ccc(F)cc1CNCc1ccon1. The van der Waals surface area contributed by atoms with E-state index >= 15 is 0 Å². The van der Waals surface area contributed by atoms with Crippen LogP contribution in [-0.4, -0.2) is 5.16 Å². The van der Waals surface area contributed by atoms with Gasteiger partial charge in [0.2, 0.25) is 0 Å². The van der Waals surface area contributed by atoms with Crippen molar-refractivity contribution < 1.29 is 8.91 Å². The lowest BCUT2D eigenvalue weighted by Crippen LogP contribution is -2.14. The van der Waals surface area contributed by atoms with Gasteiger partial charge >= 0.3 is 0 Å². The van der Waals surface area contributed by atoms with Crippen LogP contribution in [0.1, 0.15) is 16.8 Å². The highest BCUT2D eigenvalue weighted by molar-refractivity contribution is 5.37. The van der Waals surface area contributed by atoms with Gasteiger partial charge in [-0.05, 0) is 23.8 Å². The van der Waals surface area contributed by atoms with Gasteiger partial charge in [-0.3, -0.25) is 0 Å². The molecule has 0 amide bonds. The Bertz CT molecular complexity index is 531. The topological polar surface area (TPSA) is 61.9 Å². The van der Waals surface area contributed by atoms with Gasteiger partial charge in [0.1, 0.15) is 12.1 Å². The van der Waals surface area contributed by atoms with Crippen LogP contribution in [0.5, 0.6) is 0 Å². The van der Waals surface area contributed by atoms with E-state index in [0.29, 0.717) is 24.2 Å². The third-order valence-corrected chi connectivity index (χ3v) is 2.30. The van der Waals surface area contributed by atoms with E-state index in [9.17, 15) is 4.39 Å². The van der Waals surface area contributed by atoms with Crippen molar-refractivity contribution in [3.63, 3.8) is 0 Å². The largest absolute Gasteiger partial charge is 0.364 e. The first-order valence-electron chi connectivity index (χ1n) is 5.08. The zero-order valence-electron chi connectivity index (χ0n) is 8.98. The summed E-state index contributed by atoms with van der Waals surface area (Å²) >= 11 is 0. The van der Waals surface area contributed by atoms with Crippen molar-refractivity contribution in [1.82, 2.24) is 10.5 Å². The summed E-state index contributed by atoms with van der Waals surface area (Å²) in [6, 6.07) is 7.87. The van der Waals surface area contributed by atoms with Crippen LogP contribution in [0.25, 0.3) is 0 Å². The molecule has 1 N–H and O–H groups in total. The van der Waals surface area contributed by atoms with Crippen molar-refractivity contribution in [3.05, 3.63) is 53.2 Å². The number of nitriles is 1. The summed E-state index contributed by atoms with van der Waals surface area (Å²) in [6.45, 7) is 0.922. The Morgan fingerprint density at radius 1 is 1.35 bits per heavy atom. The first kappa shape index (κ1) is 11.3. The molecule has 0 saturated heterocycles. The van der Waals surface area contributed by atoms with Crippen LogP contribution in [0.4, 0.5) is 4.39 Å². The molecule has 2 aromatic rings. The number of nitrogens with one attached hydrogen (secondary N) is 1. The molecule has 1 heterocycles. The van der Waals surface area contributed by atoms with E-state index in [1.165, 1.54) is 24.5 Å². The number of rotatable bonds is 4. The quantitative estimate of drug-likeness (QED) is 0.873. The maximum Gasteiger partial charge on any atom is 0.124 e. The molecule has 0 aliphatic heterocycles. The highest BCUT2D eigenvalue weighted by Crippen LogP contribution is 2.10. The van der Waals surface area contributed by atoms with Crippen molar-refractivity contribution >= 4 is 0 Å². The van der Waals surface area contributed by atoms with Crippen molar-refractivity contribution in [2.75, 3.05) is 0 Å². The Morgan fingerprint density at radius 2 is 2.24 bits per heavy atom. The normalized spacial score (nSPS) is 10.1. The molecule has 0 spiro atoms. The number of nitrogens with zero attached hydrogens (tertiary/aromatic N) is 2. The van der Waals surface area contributed by atoms with E-state index < -0.39 is 0 Å². The van der Waals surface area contributed by atoms with Gasteiger partial charge in [-0.2, -0.15) is 5.26 Å². The summed E-state index contributed by atoms with van der Waals surface area (Å²) in [6.07, 6.45) is 1.49. The molecule has 0 saturated carbocycles. The molecule has 0 radical (unpaired) electrons. The summed E-state index contributed by atoms with van der Waals surface area (Å²) in [5.74, 6) is -0.345. The fraction of sp³-hybridized carbons (Fsp3) is 0.167. The molecule has 5 heteroatoms. The number of halogens is 1. The average Bonchev–Trinajstić information content (AvgIpc) is 2.82. The molecule has 0 fully saturated rings. The molecule has 0 aliphatic rings. The molecule has 2 rings (SSSR count). The average molecular weight is 231 g/mol. The molecule has 1 aromatic heterocycles. The maximum absolute atomic E-state index is 13.0. The van der Waals surface area contributed by atoms with Crippen LogP contribution in [0.3, 0.4) is 0 Å². The van der Waals surface area contributed by atoms with Gasteiger partial charge < -0.3 is 9.84 Å². The highest BCUT2D eigenvalue weighted by Gasteiger charge is 2.04. The number of aromatic nitrogens is 1. The third kappa shape index (κ3) is 2.89. The molecule has 17 heavy (non-hydrogen) atoms. The van der Waals surface area contributed by atoms with Gasteiger partial charge in [0.15, 0.2) is 0 Å². The Morgan fingerprint density at radius 3 is 2.94 bits per heavy atom. The van der Waals surface area contributed by atoms with E-state index in [4.69, 9.17) is 5.26 Å². The van der Waals surface area contributed by atoms with Crippen molar-refractivity contribution in [3.8, 4) is 6.07 Å². The standard InChI is InChI=1S/C12H10FN3O/c13-11-2-1-9(6-14)10(5-11)7-15-8-12-3-4-17-16-12/h1-5,15H,7-8H2. The summed E-state index contributed by atoms with van der Waals surface area (Å²) in [5, 5.41) is 15.7. The van der Waals surface area contributed by atoms with E-state index in [-0.39, 0.29) is 5.82 Å². The third-order valence-electron chi connectivity index (χ3n) is 2.30. The Kier molecular flexibility index (Phi) is 3.48. The first-order chi connectivity index (χ1) is 8.29. The Labute approximate surface area is 97.7 Å². The van der Waals surface area contributed by atoms with Gasteiger partial charge in [-0.15, -0.1) is 0 Å². The van der Waals surface area contributed by atoms with E-state index in [2.05, 4.69) is 15.0 Å². The Balaban J connectivity index is 1.99. The van der Waals surface area contributed by atoms with E-state index in [0.717, 1.165) is 5.69 Å². The van der Waals surface area contributed by atoms with Gasteiger partial charge in [-0.25, -0.2) is 4.39 Å². The molecule has 4 nitrogen and oxygen atoms in total. The van der Waals surface area contributed by atoms with Gasteiger partial charge in [0, 0.05) is 19.2 Å². The fourth-order valence-electron chi connectivity index (χ4n) is 1.47. The lowest BCUT2D eigenvalue weighted by molar-refractivity contribution is 0.408. The van der Waals surface area contributed by atoms with Crippen molar-refractivity contribution in [2.45, 2.75) is 13.1 Å². The predicted molar refractivity (Wildman–Crippen MR) is 58.2 cm³/mol. The van der Waals surface area contributed by atoms with Gasteiger partial charge in [0.25, 0.3) is 0 Å². The van der Waals surface area contributed by atoms with Crippen molar-refractivity contribution in [1.29, 1.82) is 5.26 Å². The molecule has 86 valence electrons. The number of hydrogen-bond acceptors (Lipinski definition) is 4. The van der Waals surface area contributed by atoms with Crippen molar-refractivity contribution in [2.24, 2.45) is 0 Å². The lowest BCUT2D eigenvalue weighted by atomic mass is 10.1. The minimum absolute atomic E-state index is 0.345. The van der Waals surface area contributed by atoms with Crippen LogP contribution in [-0.2, 0) is 13.1 Å². The van der Waals surface area contributed by atoms with Gasteiger partial charge in [-0.1, -0.05) is 5.16 Å². The van der Waals surface area contributed by atoms with Gasteiger partial charge in [0.05, 0.1) is 17.3 Å². The molecule has 0 aliphatic carbocycles. The van der Waals surface area contributed by atoms with Crippen LogP contribution in [0, 0.1) is 17.1 Å². The van der Waals surface area contributed by atoms with Crippen LogP contribution in [0.2, 0.25) is 0 Å². The second-order valence-electron chi connectivity index (χ2n) is 3.51. The fourth-order valence-corrected chi connectivity index (χ4v) is 1.47. The maximum atomic E-state index is 13.0. The second-order valence-corrected chi connectivity index (χ2v) is 3.51. The summed E-state index contributed by atoms with van der Waals surface area (Å²) in [5.41, 5.74) is 1.87. The zero-order valence-corrected chi connectivity index (χ0v) is 8.98. The molecular formula is C12H10FN3O. The zero-order chi connectivity index (χ0) is 12.1. The number of hydrogen-bond donors (Lipinski definition) is 1. The highest BCUT2D eigenvalue weighted by atomic mass is 19.1. The lowest BCUT2D eigenvalue weighted by Gasteiger charge is -2.05. The Hall–Kier alpha value is -2.19. The monoisotopic (exact) mass is 231 g/mol. The molecule has 0 unspecified atom stereocenters. The molecule has 1 aromatic carbocycles. The summed E-state index contributed by atoms with van der Waals surface area (Å²) in [4.78, 5) is 0. The van der Waals surface area contributed by atoms with Crippen LogP contribution >= 0.6 is 0 Å². The smallest absolute Gasteiger partial charge is 0.124 e. The van der Waals surface area contributed by atoms with E-state index in [1.54, 1.807) is 6.07 Å². The minimum atomic E-state index is -0.345. The minimum Gasteiger partial charge on any atom is -0.364 e. The molecule has 0 atom stereocenters.